The Bertz CT molecular complexity index is 341. The number of rotatable bonds is 0. The van der Waals surface area contributed by atoms with Crippen molar-refractivity contribution >= 4 is 27.5 Å². The van der Waals surface area contributed by atoms with Crippen molar-refractivity contribution in [1.29, 1.82) is 0 Å². The van der Waals surface area contributed by atoms with E-state index < -0.39 is 0 Å². The van der Waals surface area contributed by atoms with Crippen molar-refractivity contribution in [3.63, 3.8) is 0 Å². The highest BCUT2D eigenvalue weighted by Crippen LogP contribution is 2.65. The van der Waals surface area contributed by atoms with Crippen LogP contribution in [-0.4, -0.2) is 9.20 Å². The van der Waals surface area contributed by atoms with E-state index >= 15 is 0 Å². The SMILES string of the molecule is ClC12Cc3ccccc3CC1(Br)C2. The second kappa shape index (κ2) is 2.32. The lowest BCUT2D eigenvalue weighted by Gasteiger charge is -2.24. The number of halogens is 2. The molecule has 0 saturated heterocycles. The van der Waals surface area contributed by atoms with Gasteiger partial charge in [-0.05, 0) is 30.4 Å². The zero-order valence-electron chi connectivity index (χ0n) is 7.19. The molecule has 0 bridgehead atoms. The van der Waals surface area contributed by atoms with Gasteiger partial charge in [-0.25, -0.2) is 0 Å². The molecule has 2 unspecified atom stereocenters. The van der Waals surface area contributed by atoms with E-state index in [0.717, 1.165) is 19.3 Å². The third-order valence-electron chi connectivity index (χ3n) is 3.30. The molecule has 0 heterocycles. The van der Waals surface area contributed by atoms with E-state index in [1.165, 1.54) is 11.1 Å². The Kier molecular flexibility index (Phi) is 1.48. The Hall–Kier alpha value is -0.0100. The largest absolute Gasteiger partial charge is 0.117 e. The van der Waals surface area contributed by atoms with E-state index in [0.29, 0.717) is 0 Å². The first kappa shape index (κ1) is 8.31. The van der Waals surface area contributed by atoms with Crippen molar-refractivity contribution in [2.24, 2.45) is 0 Å². The smallest absolute Gasteiger partial charge is 0.0657 e. The Morgan fingerprint density at radius 2 is 1.77 bits per heavy atom. The first-order chi connectivity index (χ1) is 6.13. The van der Waals surface area contributed by atoms with Crippen LogP contribution in [0.2, 0.25) is 0 Å². The normalized spacial score (nSPS) is 40.8. The van der Waals surface area contributed by atoms with Gasteiger partial charge in [-0.1, -0.05) is 40.2 Å². The zero-order chi connectivity index (χ0) is 9.10. The van der Waals surface area contributed by atoms with E-state index in [4.69, 9.17) is 11.6 Å². The van der Waals surface area contributed by atoms with Crippen molar-refractivity contribution in [3.8, 4) is 0 Å². The van der Waals surface area contributed by atoms with Crippen LogP contribution in [0.1, 0.15) is 17.5 Å². The summed E-state index contributed by atoms with van der Waals surface area (Å²) in [6, 6.07) is 8.62. The summed E-state index contributed by atoms with van der Waals surface area (Å²) in [5.74, 6) is 0. The predicted molar refractivity (Wildman–Crippen MR) is 58.7 cm³/mol. The summed E-state index contributed by atoms with van der Waals surface area (Å²) in [6.45, 7) is 0. The molecule has 0 aliphatic heterocycles. The van der Waals surface area contributed by atoms with Crippen molar-refractivity contribution < 1.29 is 0 Å². The Morgan fingerprint density at radius 3 is 2.46 bits per heavy atom. The van der Waals surface area contributed by atoms with Crippen LogP contribution in [0.5, 0.6) is 0 Å². The van der Waals surface area contributed by atoms with Crippen molar-refractivity contribution in [2.45, 2.75) is 28.5 Å². The van der Waals surface area contributed by atoms with Gasteiger partial charge in [0, 0.05) is 0 Å². The standard InChI is InChI=1S/C11H10BrCl/c12-10-5-8-3-1-2-4-9(8)6-11(10,13)7-10/h1-4H,5-7H2. The molecule has 13 heavy (non-hydrogen) atoms. The highest BCUT2D eigenvalue weighted by atomic mass is 79.9. The Balaban J connectivity index is 2.08. The van der Waals surface area contributed by atoms with Gasteiger partial charge in [0.25, 0.3) is 0 Å². The molecule has 1 aromatic rings. The summed E-state index contributed by atoms with van der Waals surface area (Å²) in [7, 11) is 0. The summed E-state index contributed by atoms with van der Waals surface area (Å²) in [5, 5.41) is 0. The van der Waals surface area contributed by atoms with Gasteiger partial charge in [0.05, 0.1) is 9.20 Å². The van der Waals surface area contributed by atoms with Crippen molar-refractivity contribution in [1.82, 2.24) is 0 Å². The Labute approximate surface area is 91.4 Å². The molecule has 2 aliphatic rings. The van der Waals surface area contributed by atoms with Gasteiger partial charge in [0.1, 0.15) is 0 Å². The number of benzene rings is 1. The van der Waals surface area contributed by atoms with E-state index in [-0.39, 0.29) is 9.20 Å². The molecule has 0 aromatic heterocycles. The molecule has 2 aliphatic carbocycles. The number of hydrogen-bond acceptors (Lipinski definition) is 0. The van der Waals surface area contributed by atoms with E-state index in [1.807, 2.05) is 0 Å². The fraction of sp³-hybridized carbons (Fsp3) is 0.455. The first-order valence-corrected chi connectivity index (χ1v) is 5.75. The summed E-state index contributed by atoms with van der Waals surface area (Å²) >= 11 is 10.2. The fourth-order valence-corrected chi connectivity index (χ4v) is 3.87. The van der Waals surface area contributed by atoms with Crippen molar-refractivity contribution in [2.75, 3.05) is 0 Å². The maximum atomic E-state index is 6.47. The summed E-state index contributed by atoms with van der Waals surface area (Å²) in [5.41, 5.74) is 2.90. The molecule has 0 amide bonds. The van der Waals surface area contributed by atoms with Gasteiger partial charge in [-0.3, -0.25) is 0 Å². The van der Waals surface area contributed by atoms with Gasteiger partial charge in [-0.2, -0.15) is 0 Å². The van der Waals surface area contributed by atoms with Gasteiger partial charge in [0.15, 0.2) is 0 Å². The molecule has 0 nitrogen and oxygen atoms in total. The van der Waals surface area contributed by atoms with Crippen LogP contribution in [0.25, 0.3) is 0 Å². The number of fused-ring (bicyclic) bond motifs is 2. The lowest BCUT2D eigenvalue weighted by Crippen LogP contribution is -2.25. The van der Waals surface area contributed by atoms with Gasteiger partial charge >= 0.3 is 0 Å². The predicted octanol–water partition coefficient (Wildman–Crippen LogP) is 3.30. The third-order valence-corrected chi connectivity index (χ3v) is 5.48. The molecule has 0 spiro atoms. The molecule has 1 aromatic carbocycles. The lowest BCUT2D eigenvalue weighted by atomic mass is 9.91. The van der Waals surface area contributed by atoms with Crippen LogP contribution in [0, 0.1) is 0 Å². The van der Waals surface area contributed by atoms with Crippen LogP contribution < -0.4 is 0 Å². The minimum Gasteiger partial charge on any atom is -0.117 e. The molecule has 3 rings (SSSR count). The monoisotopic (exact) mass is 256 g/mol. The first-order valence-electron chi connectivity index (χ1n) is 4.58. The van der Waals surface area contributed by atoms with E-state index in [1.54, 1.807) is 0 Å². The highest BCUT2D eigenvalue weighted by molar-refractivity contribution is 9.10. The van der Waals surface area contributed by atoms with Crippen LogP contribution in [0.15, 0.2) is 24.3 Å². The average Bonchev–Trinajstić information content (AvgIpc) is 2.61. The quantitative estimate of drug-likeness (QED) is 0.626. The second-order valence-corrected chi connectivity index (χ2v) is 6.47. The maximum absolute atomic E-state index is 6.47. The van der Waals surface area contributed by atoms with Gasteiger partial charge in [0.2, 0.25) is 0 Å². The molecule has 1 saturated carbocycles. The second-order valence-electron chi connectivity index (χ2n) is 4.23. The minimum absolute atomic E-state index is 0.0152. The summed E-state index contributed by atoms with van der Waals surface area (Å²) in [6.07, 6.45) is 3.22. The molecule has 68 valence electrons. The van der Waals surface area contributed by atoms with Crippen LogP contribution in [0.3, 0.4) is 0 Å². The third kappa shape index (κ3) is 1.04. The maximum Gasteiger partial charge on any atom is 0.0657 e. The van der Waals surface area contributed by atoms with Gasteiger partial charge < -0.3 is 0 Å². The fourth-order valence-electron chi connectivity index (χ4n) is 2.35. The average molecular weight is 258 g/mol. The van der Waals surface area contributed by atoms with Gasteiger partial charge in [-0.15, -0.1) is 11.6 Å². The summed E-state index contributed by atoms with van der Waals surface area (Å²) in [4.78, 5) is 0.0152. The number of hydrogen-bond donors (Lipinski definition) is 0. The van der Waals surface area contributed by atoms with E-state index in [9.17, 15) is 0 Å². The highest BCUT2D eigenvalue weighted by Gasteiger charge is 2.66. The molecular weight excluding hydrogens is 247 g/mol. The molecular formula is C11H10BrCl. The molecule has 2 atom stereocenters. The van der Waals surface area contributed by atoms with E-state index in [2.05, 4.69) is 40.2 Å². The number of alkyl halides is 2. The molecule has 0 N–H and O–H groups in total. The van der Waals surface area contributed by atoms with Crippen molar-refractivity contribution in [3.05, 3.63) is 35.4 Å². The zero-order valence-corrected chi connectivity index (χ0v) is 9.53. The molecule has 0 radical (unpaired) electrons. The van der Waals surface area contributed by atoms with Crippen LogP contribution >= 0.6 is 27.5 Å². The van der Waals surface area contributed by atoms with Crippen LogP contribution in [0.4, 0.5) is 0 Å². The topological polar surface area (TPSA) is 0 Å². The molecule has 2 heteroatoms. The Morgan fingerprint density at radius 1 is 1.15 bits per heavy atom. The minimum atomic E-state index is 0.0152. The summed E-state index contributed by atoms with van der Waals surface area (Å²) < 4.78 is 0.204. The van der Waals surface area contributed by atoms with Crippen LogP contribution in [-0.2, 0) is 12.8 Å². The molecule has 1 fully saturated rings. The lowest BCUT2D eigenvalue weighted by molar-refractivity contribution is 0.720.